The van der Waals surface area contributed by atoms with Gasteiger partial charge < -0.3 is 4.42 Å². The van der Waals surface area contributed by atoms with Crippen LogP contribution in [0.4, 0.5) is 0 Å². The van der Waals surface area contributed by atoms with Crippen LogP contribution in [0.3, 0.4) is 0 Å². The molecule has 0 aliphatic rings. The fourth-order valence-electron chi connectivity index (χ4n) is 3.72. The Hall–Kier alpha value is -2.62. The van der Waals surface area contributed by atoms with Gasteiger partial charge in [0, 0.05) is 29.9 Å². The number of benzene rings is 3. The van der Waals surface area contributed by atoms with Crippen LogP contribution in [0.5, 0.6) is 0 Å². The highest BCUT2D eigenvalue weighted by Gasteiger charge is 2.13. The molecule has 0 radical (unpaired) electrons. The fraction of sp³-hybridized carbons (Fsp3) is 0.0435. The molecular weight excluding hydrogens is 356 g/mol. The van der Waals surface area contributed by atoms with Gasteiger partial charge in [-0.15, -0.1) is 22.7 Å². The van der Waals surface area contributed by atoms with Gasteiger partial charge in [0.1, 0.15) is 11.2 Å². The molecule has 3 aromatic carbocycles. The molecule has 124 valence electrons. The standard InChI is InChI=1S/C23H14OS2/c1-13-7-15-8-19-17(11-22(15)25-13)18-12-23-16(9-20(18)24-19)10-21(26-23)14-5-3-2-4-6-14/h2-12H,1H3. The molecule has 0 fully saturated rings. The van der Waals surface area contributed by atoms with Crippen molar-refractivity contribution in [3.8, 4) is 10.4 Å². The predicted octanol–water partition coefficient (Wildman–Crippen LogP) is 7.99. The minimum absolute atomic E-state index is 0.972. The molecule has 3 aromatic heterocycles. The van der Waals surface area contributed by atoms with Gasteiger partial charge in [-0.05, 0) is 59.7 Å². The van der Waals surface area contributed by atoms with Gasteiger partial charge in [-0.25, -0.2) is 0 Å². The second-order valence-corrected chi connectivity index (χ2v) is 9.08. The molecule has 3 heterocycles. The lowest BCUT2D eigenvalue weighted by molar-refractivity contribution is 0.670. The second-order valence-electron chi connectivity index (χ2n) is 6.71. The van der Waals surface area contributed by atoms with E-state index in [0.29, 0.717) is 0 Å². The third-order valence-electron chi connectivity index (χ3n) is 4.93. The molecule has 1 nitrogen and oxygen atoms in total. The molecule has 0 aliphatic heterocycles. The summed E-state index contributed by atoms with van der Waals surface area (Å²) in [7, 11) is 0. The van der Waals surface area contributed by atoms with E-state index in [2.05, 4.69) is 73.7 Å². The maximum atomic E-state index is 6.20. The van der Waals surface area contributed by atoms with Crippen LogP contribution in [0.15, 0.2) is 71.1 Å². The Morgan fingerprint density at radius 3 is 2.08 bits per heavy atom. The molecular formula is C23H14OS2. The smallest absolute Gasteiger partial charge is 0.136 e. The molecule has 0 saturated heterocycles. The molecule has 0 unspecified atom stereocenters. The third-order valence-corrected chi connectivity index (χ3v) is 7.09. The first kappa shape index (κ1) is 14.5. The number of hydrogen-bond acceptors (Lipinski definition) is 3. The summed E-state index contributed by atoms with van der Waals surface area (Å²) in [5, 5.41) is 4.94. The van der Waals surface area contributed by atoms with Crippen molar-refractivity contribution in [2.24, 2.45) is 0 Å². The number of furan rings is 1. The van der Waals surface area contributed by atoms with Crippen LogP contribution in [0.2, 0.25) is 0 Å². The zero-order valence-corrected chi connectivity index (χ0v) is 15.7. The number of fused-ring (bicyclic) bond motifs is 5. The molecule has 0 aliphatic carbocycles. The lowest BCUT2D eigenvalue weighted by Gasteiger charge is -1.93. The summed E-state index contributed by atoms with van der Waals surface area (Å²) in [5.74, 6) is 0. The topological polar surface area (TPSA) is 13.1 Å². The Labute approximate surface area is 158 Å². The van der Waals surface area contributed by atoms with E-state index in [1.807, 2.05) is 22.7 Å². The van der Waals surface area contributed by atoms with Crippen LogP contribution in [0.25, 0.3) is 52.6 Å². The van der Waals surface area contributed by atoms with Gasteiger partial charge in [0.15, 0.2) is 0 Å². The van der Waals surface area contributed by atoms with Crippen molar-refractivity contribution in [1.82, 2.24) is 0 Å². The quantitative estimate of drug-likeness (QED) is 0.286. The molecule has 0 saturated carbocycles. The van der Waals surface area contributed by atoms with Crippen LogP contribution in [0.1, 0.15) is 4.88 Å². The molecule has 6 rings (SSSR count). The zero-order chi connectivity index (χ0) is 17.3. The van der Waals surface area contributed by atoms with Gasteiger partial charge in [-0.1, -0.05) is 30.3 Å². The van der Waals surface area contributed by atoms with Gasteiger partial charge >= 0.3 is 0 Å². The summed E-state index contributed by atoms with van der Waals surface area (Å²) < 4.78 is 8.84. The first-order valence-corrected chi connectivity index (χ1v) is 10.2. The van der Waals surface area contributed by atoms with Crippen LogP contribution in [-0.2, 0) is 0 Å². The highest BCUT2D eigenvalue weighted by atomic mass is 32.1. The minimum Gasteiger partial charge on any atom is -0.456 e. The Kier molecular flexibility index (Phi) is 2.90. The van der Waals surface area contributed by atoms with Crippen LogP contribution < -0.4 is 0 Å². The van der Waals surface area contributed by atoms with Crippen molar-refractivity contribution in [2.45, 2.75) is 6.92 Å². The number of thiophene rings is 2. The predicted molar refractivity (Wildman–Crippen MR) is 115 cm³/mol. The molecule has 3 heteroatoms. The summed E-state index contributed by atoms with van der Waals surface area (Å²) >= 11 is 3.69. The maximum Gasteiger partial charge on any atom is 0.136 e. The van der Waals surface area contributed by atoms with Crippen molar-refractivity contribution in [3.05, 3.63) is 71.6 Å². The van der Waals surface area contributed by atoms with E-state index in [1.54, 1.807) is 0 Å². The van der Waals surface area contributed by atoms with E-state index in [1.165, 1.54) is 46.3 Å². The fourth-order valence-corrected chi connectivity index (χ4v) is 5.75. The normalized spacial score (nSPS) is 12.0. The first-order valence-electron chi connectivity index (χ1n) is 8.60. The largest absolute Gasteiger partial charge is 0.456 e. The summed E-state index contributed by atoms with van der Waals surface area (Å²) in [6.07, 6.45) is 0. The molecule has 0 bridgehead atoms. The zero-order valence-electron chi connectivity index (χ0n) is 14.1. The molecule has 0 spiro atoms. The van der Waals surface area contributed by atoms with Gasteiger partial charge in [0.2, 0.25) is 0 Å². The Bertz CT molecular complexity index is 1430. The van der Waals surface area contributed by atoms with Gasteiger partial charge in [0.25, 0.3) is 0 Å². The first-order chi connectivity index (χ1) is 12.7. The lowest BCUT2D eigenvalue weighted by atomic mass is 10.1. The van der Waals surface area contributed by atoms with Gasteiger partial charge in [-0.3, -0.25) is 0 Å². The van der Waals surface area contributed by atoms with E-state index in [-0.39, 0.29) is 0 Å². The maximum absolute atomic E-state index is 6.20. The van der Waals surface area contributed by atoms with Crippen molar-refractivity contribution < 1.29 is 4.42 Å². The Morgan fingerprint density at radius 2 is 1.35 bits per heavy atom. The molecule has 26 heavy (non-hydrogen) atoms. The molecule has 0 atom stereocenters. The Balaban J connectivity index is 1.64. The van der Waals surface area contributed by atoms with Crippen LogP contribution >= 0.6 is 22.7 Å². The number of rotatable bonds is 1. The average Bonchev–Trinajstić information content (AvgIpc) is 3.31. The van der Waals surface area contributed by atoms with E-state index in [9.17, 15) is 0 Å². The SMILES string of the molecule is Cc1cc2cc3oc4cc5cc(-c6ccccc6)sc5cc4c3cc2s1. The molecule has 6 aromatic rings. The van der Waals surface area contributed by atoms with Crippen LogP contribution in [-0.4, -0.2) is 0 Å². The highest BCUT2D eigenvalue weighted by molar-refractivity contribution is 7.22. The Morgan fingerprint density at radius 1 is 0.692 bits per heavy atom. The van der Waals surface area contributed by atoms with Crippen LogP contribution in [0, 0.1) is 6.92 Å². The third kappa shape index (κ3) is 2.08. The molecule has 0 N–H and O–H groups in total. The lowest BCUT2D eigenvalue weighted by Crippen LogP contribution is -1.68. The average molecular weight is 370 g/mol. The highest BCUT2D eigenvalue weighted by Crippen LogP contribution is 2.40. The van der Waals surface area contributed by atoms with Crippen molar-refractivity contribution in [1.29, 1.82) is 0 Å². The van der Waals surface area contributed by atoms with E-state index in [0.717, 1.165) is 11.2 Å². The summed E-state index contributed by atoms with van der Waals surface area (Å²) in [6, 6.07) is 24.0. The van der Waals surface area contributed by atoms with E-state index in [4.69, 9.17) is 4.42 Å². The summed E-state index contributed by atoms with van der Waals surface area (Å²) in [4.78, 5) is 2.64. The van der Waals surface area contributed by atoms with Crippen molar-refractivity contribution >= 4 is 64.8 Å². The minimum atomic E-state index is 0.972. The van der Waals surface area contributed by atoms with E-state index < -0.39 is 0 Å². The van der Waals surface area contributed by atoms with Crippen molar-refractivity contribution in [2.75, 3.05) is 0 Å². The summed E-state index contributed by atoms with van der Waals surface area (Å²) in [5.41, 5.74) is 3.22. The second kappa shape index (κ2) is 5.19. The van der Waals surface area contributed by atoms with Crippen molar-refractivity contribution in [3.63, 3.8) is 0 Å². The molecule has 0 amide bonds. The van der Waals surface area contributed by atoms with Gasteiger partial charge in [0.05, 0.1) is 0 Å². The summed E-state index contributed by atoms with van der Waals surface area (Å²) in [6.45, 7) is 2.16. The monoisotopic (exact) mass is 370 g/mol. The van der Waals surface area contributed by atoms with Gasteiger partial charge in [-0.2, -0.15) is 0 Å². The van der Waals surface area contributed by atoms with E-state index >= 15 is 0 Å². The number of hydrogen-bond donors (Lipinski definition) is 0. The number of aryl methyl sites for hydroxylation is 1.